The first-order valence-corrected chi connectivity index (χ1v) is 13.3. The summed E-state index contributed by atoms with van der Waals surface area (Å²) in [5.74, 6) is 0.433. The highest BCUT2D eigenvalue weighted by Gasteiger charge is 2.26. The number of benzene rings is 1. The Morgan fingerprint density at radius 2 is 1.81 bits per heavy atom. The van der Waals surface area contributed by atoms with Gasteiger partial charge in [0.05, 0.1) is 24.2 Å². The van der Waals surface area contributed by atoms with Crippen molar-refractivity contribution < 1.29 is 17.9 Å². The fraction of sp³-hybridized carbons (Fsp3) is 0.522. The molecule has 0 saturated carbocycles. The standard InChI is InChI=1S/C23H32N2O4S2/c1-3-19(4-2)23(21-6-5-17-30-21)24-22(26)12-9-18-7-10-20(11-8-18)31(27,28)25-13-15-29-16-14-25/h5-8,10-11,17,19,23H,3-4,9,12-16H2,1-2H3,(H,24,26). The summed E-state index contributed by atoms with van der Waals surface area (Å²) < 4.78 is 32.2. The van der Waals surface area contributed by atoms with E-state index in [1.807, 2.05) is 11.4 Å². The van der Waals surface area contributed by atoms with Crippen LogP contribution in [0.4, 0.5) is 0 Å². The normalized spacial score (nSPS) is 16.4. The Bertz CT molecular complexity index is 917. The second-order valence-electron chi connectivity index (χ2n) is 7.80. The van der Waals surface area contributed by atoms with Crippen molar-refractivity contribution in [1.29, 1.82) is 0 Å². The SMILES string of the molecule is CCC(CC)C(NC(=O)CCc1ccc(S(=O)(=O)N2CCOCC2)cc1)c1cccs1. The van der Waals surface area contributed by atoms with Gasteiger partial charge in [-0.25, -0.2) is 8.42 Å². The zero-order valence-corrected chi connectivity index (χ0v) is 19.9. The zero-order valence-electron chi connectivity index (χ0n) is 18.2. The summed E-state index contributed by atoms with van der Waals surface area (Å²) in [5.41, 5.74) is 0.950. The maximum atomic E-state index is 12.7. The second kappa shape index (κ2) is 11.2. The van der Waals surface area contributed by atoms with Crippen molar-refractivity contribution in [2.45, 2.75) is 50.5 Å². The molecule has 1 fully saturated rings. The van der Waals surface area contributed by atoms with E-state index in [0.717, 1.165) is 18.4 Å². The van der Waals surface area contributed by atoms with Crippen LogP contribution in [0, 0.1) is 5.92 Å². The lowest BCUT2D eigenvalue weighted by Crippen LogP contribution is -2.40. The largest absolute Gasteiger partial charge is 0.379 e. The van der Waals surface area contributed by atoms with Crippen molar-refractivity contribution in [3.8, 4) is 0 Å². The van der Waals surface area contributed by atoms with Gasteiger partial charge in [-0.1, -0.05) is 44.9 Å². The fourth-order valence-electron chi connectivity index (χ4n) is 3.92. The van der Waals surface area contributed by atoms with E-state index in [2.05, 4.69) is 25.2 Å². The van der Waals surface area contributed by atoms with Crippen molar-refractivity contribution in [3.05, 3.63) is 52.2 Å². The van der Waals surface area contributed by atoms with Gasteiger partial charge < -0.3 is 10.1 Å². The Labute approximate surface area is 189 Å². The maximum Gasteiger partial charge on any atom is 0.243 e. The molecule has 1 N–H and O–H groups in total. The molecule has 1 aromatic carbocycles. The summed E-state index contributed by atoms with van der Waals surface area (Å²) in [6.45, 7) is 5.94. The molecule has 0 bridgehead atoms. The molecule has 2 aromatic rings. The minimum Gasteiger partial charge on any atom is -0.379 e. The average molecular weight is 465 g/mol. The van der Waals surface area contributed by atoms with Crippen LogP contribution < -0.4 is 5.32 Å². The molecule has 1 amide bonds. The Hall–Kier alpha value is -1.74. The lowest BCUT2D eigenvalue weighted by molar-refractivity contribution is -0.122. The molecular formula is C23H32N2O4S2. The highest BCUT2D eigenvalue weighted by molar-refractivity contribution is 7.89. The molecule has 170 valence electrons. The highest BCUT2D eigenvalue weighted by Crippen LogP contribution is 2.30. The Balaban J connectivity index is 1.58. The first kappa shape index (κ1) is 23.9. The maximum absolute atomic E-state index is 12.7. The topological polar surface area (TPSA) is 75.7 Å². The van der Waals surface area contributed by atoms with Gasteiger partial charge in [-0.2, -0.15) is 4.31 Å². The third kappa shape index (κ3) is 6.16. The summed E-state index contributed by atoms with van der Waals surface area (Å²) in [7, 11) is -3.49. The van der Waals surface area contributed by atoms with Crippen LogP contribution in [0.1, 0.15) is 49.6 Å². The molecule has 0 radical (unpaired) electrons. The predicted octanol–water partition coefficient (Wildman–Crippen LogP) is 4.00. The summed E-state index contributed by atoms with van der Waals surface area (Å²) in [5, 5.41) is 5.27. The molecule has 0 spiro atoms. The molecule has 8 heteroatoms. The van der Waals surface area contributed by atoms with Crippen LogP contribution in [0.2, 0.25) is 0 Å². The Morgan fingerprint density at radius 1 is 1.13 bits per heavy atom. The molecule has 1 aromatic heterocycles. The van der Waals surface area contributed by atoms with Crippen LogP contribution in [0.25, 0.3) is 0 Å². The number of hydrogen-bond donors (Lipinski definition) is 1. The average Bonchev–Trinajstić information content (AvgIpc) is 3.33. The van der Waals surface area contributed by atoms with E-state index in [-0.39, 0.29) is 16.8 Å². The van der Waals surface area contributed by atoms with Crippen LogP contribution in [0.3, 0.4) is 0 Å². The third-order valence-electron chi connectivity index (χ3n) is 5.86. The van der Waals surface area contributed by atoms with E-state index < -0.39 is 10.0 Å². The second-order valence-corrected chi connectivity index (χ2v) is 10.7. The van der Waals surface area contributed by atoms with Gasteiger partial charge in [-0.05, 0) is 41.5 Å². The van der Waals surface area contributed by atoms with E-state index >= 15 is 0 Å². The number of sulfonamides is 1. The number of thiophene rings is 1. The smallest absolute Gasteiger partial charge is 0.243 e. The Morgan fingerprint density at radius 3 is 2.39 bits per heavy atom. The first-order chi connectivity index (χ1) is 15.0. The van der Waals surface area contributed by atoms with Gasteiger partial charge in [0.1, 0.15) is 0 Å². The van der Waals surface area contributed by atoms with Gasteiger partial charge in [0.15, 0.2) is 0 Å². The number of morpholine rings is 1. The minimum absolute atomic E-state index is 0.0234. The number of ether oxygens (including phenoxy) is 1. The van der Waals surface area contributed by atoms with Crippen LogP contribution in [-0.4, -0.2) is 44.9 Å². The van der Waals surface area contributed by atoms with Crippen molar-refractivity contribution in [3.63, 3.8) is 0 Å². The van der Waals surface area contributed by atoms with Gasteiger partial charge in [0.25, 0.3) is 0 Å². The molecule has 1 aliphatic rings. The quantitative estimate of drug-likeness (QED) is 0.577. The van der Waals surface area contributed by atoms with Crippen molar-refractivity contribution in [2.75, 3.05) is 26.3 Å². The van der Waals surface area contributed by atoms with E-state index in [9.17, 15) is 13.2 Å². The molecule has 6 nitrogen and oxygen atoms in total. The van der Waals surface area contributed by atoms with E-state index in [1.165, 1.54) is 9.18 Å². The molecule has 2 heterocycles. The van der Waals surface area contributed by atoms with Gasteiger partial charge in [0, 0.05) is 24.4 Å². The summed E-state index contributed by atoms with van der Waals surface area (Å²) in [6, 6.07) is 11.0. The van der Waals surface area contributed by atoms with Crippen molar-refractivity contribution in [2.24, 2.45) is 5.92 Å². The number of aryl methyl sites for hydroxylation is 1. The van der Waals surface area contributed by atoms with Crippen LogP contribution in [-0.2, 0) is 26.0 Å². The highest BCUT2D eigenvalue weighted by atomic mass is 32.2. The van der Waals surface area contributed by atoms with Crippen LogP contribution in [0.15, 0.2) is 46.7 Å². The monoisotopic (exact) mass is 464 g/mol. The van der Waals surface area contributed by atoms with E-state index in [4.69, 9.17) is 4.74 Å². The lowest BCUT2D eigenvalue weighted by atomic mass is 9.92. The van der Waals surface area contributed by atoms with Crippen LogP contribution in [0.5, 0.6) is 0 Å². The molecule has 1 unspecified atom stereocenters. The van der Waals surface area contributed by atoms with Gasteiger partial charge in [0.2, 0.25) is 15.9 Å². The molecular weight excluding hydrogens is 432 g/mol. The zero-order chi connectivity index (χ0) is 22.3. The Kier molecular flexibility index (Phi) is 8.66. The van der Waals surface area contributed by atoms with Gasteiger partial charge in [-0.15, -0.1) is 11.3 Å². The number of nitrogens with one attached hydrogen (secondary N) is 1. The van der Waals surface area contributed by atoms with Crippen LogP contribution >= 0.6 is 11.3 Å². The summed E-state index contributed by atoms with van der Waals surface area (Å²) >= 11 is 1.68. The minimum atomic E-state index is -3.49. The molecule has 1 saturated heterocycles. The van der Waals surface area contributed by atoms with E-state index in [0.29, 0.717) is 45.1 Å². The van der Waals surface area contributed by atoms with Crippen molar-refractivity contribution in [1.82, 2.24) is 9.62 Å². The number of amides is 1. The number of hydrogen-bond acceptors (Lipinski definition) is 5. The lowest BCUT2D eigenvalue weighted by Gasteiger charge is -2.26. The number of carbonyl (C=O) groups is 1. The number of carbonyl (C=O) groups excluding carboxylic acids is 1. The first-order valence-electron chi connectivity index (χ1n) is 10.9. The number of nitrogens with zero attached hydrogens (tertiary/aromatic N) is 1. The van der Waals surface area contributed by atoms with Gasteiger partial charge in [-0.3, -0.25) is 4.79 Å². The molecule has 3 rings (SSSR count). The summed E-state index contributed by atoms with van der Waals surface area (Å²) in [4.78, 5) is 14.2. The third-order valence-corrected chi connectivity index (χ3v) is 8.73. The predicted molar refractivity (Wildman–Crippen MR) is 124 cm³/mol. The van der Waals surface area contributed by atoms with Gasteiger partial charge >= 0.3 is 0 Å². The molecule has 1 atom stereocenters. The molecule has 0 aliphatic carbocycles. The fourth-order valence-corrected chi connectivity index (χ4v) is 6.19. The van der Waals surface area contributed by atoms with Crippen molar-refractivity contribution >= 4 is 27.3 Å². The molecule has 31 heavy (non-hydrogen) atoms. The summed E-state index contributed by atoms with van der Waals surface area (Å²) in [6.07, 6.45) is 2.97. The van der Waals surface area contributed by atoms with E-state index in [1.54, 1.807) is 35.6 Å². The molecule has 1 aliphatic heterocycles. The number of rotatable bonds is 10.